The molecule has 34 heavy (non-hydrogen) atoms. The quantitative estimate of drug-likeness (QED) is 0.424. The van der Waals surface area contributed by atoms with Crippen LogP contribution in [-0.2, 0) is 4.74 Å². The molecule has 10 nitrogen and oxygen atoms in total. The van der Waals surface area contributed by atoms with Crippen LogP contribution in [0.1, 0.15) is 39.7 Å². The molecule has 1 aromatic carbocycles. The molecule has 3 N–H and O–H groups in total. The molecule has 0 bridgehead atoms. The number of imide groups is 1. The van der Waals surface area contributed by atoms with Crippen LogP contribution in [0.5, 0.6) is 5.88 Å². The van der Waals surface area contributed by atoms with E-state index >= 15 is 0 Å². The first-order chi connectivity index (χ1) is 16.2. The minimum atomic E-state index is -0.995. The fourth-order valence-corrected chi connectivity index (χ4v) is 3.92. The summed E-state index contributed by atoms with van der Waals surface area (Å²) in [5, 5.41) is 4.35. The molecule has 2 amide bonds. The Morgan fingerprint density at radius 2 is 1.88 bits per heavy atom. The van der Waals surface area contributed by atoms with Gasteiger partial charge in [0.05, 0.1) is 5.39 Å². The number of aromatic nitrogens is 4. The van der Waals surface area contributed by atoms with Crippen molar-refractivity contribution in [2.45, 2.75) is 45.3 Å². The second-order valence-electron chi connectivity index (χ2n) is 9.20. The van der Waals surface area contributed by atoms with E-state index in [2.05, 4.69) is 24.8 Å². The number of nitrogens with one attached hydrogen (secondary N) is 1. The van der Waals surface area contributed by atoms with Gasteiger partial charge in [0.15, 0.2) is 0 Å². The first-order valence-electron chi connectivity index (χ1n) is 10.9. The maximum Gasteiger partial charge on any atom is 0.423 e. The third-order valence-corrected chi connectivity index (χ3v) is 5.45. The molecule has 3 heterocycles. The summed E-state index contributed by atoms with van der Waals surface area (Å²) >= 11 is 0. The number of benzene rings is 1. The largest absolute Gasteiger partial charge is 0.443 e. The highest BCUT2D eigenvalue weighted by atomic mass is 16.6. The molecule has 10 heteroatoms. The maximum atomic E-state index is 12.5. The number of amides is 2. The van der Waals surface area contributed by atoms with Gasteiger partial charge in [0, 0.05) is 41.3 Å². The van der Waals surface area contributed by atoms with E-state index in [1.807, 2.05) is 24.4 Å². The van der Waals surface area contributed by atoms with Gasteiger partial charge in [-0.1, -0.05) is 6.07 Å². The summed E-state index contributed by atoms with van der Waals surface area (Å²) in [5.74, 6) is 0.0412. The van der Waals surface area contributed by atoms with Crippen LogP contribution in [0.4, 0.5) is 15.3 Å². The number of fused-ring (bicyclic) bond motifs is 2. The van der Waals surface area contributed by atoms with Crippen molar-refractivity contribution in [2.24, 2.45) is 0 Å². The smallest absolute Gasteiger partial charge is 0.423 e. The number of carbonyl (C=O) groups is 2. The molecule has 0 radical (unpaired) electrons. The van der Waals surface area contributed by atoms with E-state index in [1.165, 1.54) is 6.33 Å². The number of nitrogen functional groups attached to an aromatic ring is 1. The van der Waals surface area contributed by atoms with Crippen molar-refractivity contribution in [3.05, 3.63) is 43.1 Å². The van der Waals surface area contributed by atoms with E-state index < -0.39 is 17.8 Å². The van der Waals surface area contributed by atoms with Crippen molar-refractivity contribution in [3.63, 3.8) is 0 Å². The fourth-order valence-electron chi connectivity index (χ4n) is 3.92. The molecule has 1 aliphatic carbocycles. The highest BCUT2D eigenvalue weighted by molar-refractivity contribution is 6.09. The SMILES string of the molecule is CC(C)(C)OC(=O)NC(=O)Oc1ncnc2c1c(-c1ccc(N)c3cnccc13)cn2C1CC1. The van der Waals surface area contributed by atoms with Crippen LogP contribution in [0.15, 0.2) is 43.1 Å². The van der Waals surface area contributed by atoms with Crippen molar-refractivity contribution in [2.75, 3.05) is 5.73 Å². The van der Waals surface area contributed by atoms with Crippen LogP contribution in [-0.4, -0.2) is 37.3 Å². The van der Waals surface area contributed by atoms with Gasteiger partial charge in [-0.15, -0.1) is 0 Å². The van der Waals surface area contributed by atoms with Crippen LogP contribution < -0.4 is 15.8 Å². The Kier molecular flexibility index (Phi) is 5.07. The molecule has 0 spiro atoms. The van der Waals surface area contributed by atoms with Crippen molar-refractivity contribution < 1.29 is 19.1 Å². The zero-order chi connectivity index (χ0) is 24.0. The lowest BCUT2D eigenvalue weighted by molar-refractivity contribution is 0.0533. The van der Waals surface area contributed by atoms with E-state index in [9.17, 15) is 9.59 Å². The summed E-state index contributed by atoms with van der Waals surface area (Å²) < 4.78 is 12.7. The van der Waals surface area contributed by atoms with Gasteiger partial charge in [0.2, 0.25) is 5.88 Å². The number of rotatable bonds is 3. The lowest BCUT2D eigenvalue weighted by Crippen LogP contribution is -2.38. The molecular weight excluding hydrogens is 436 g/mol. The highest BCUT2D eigenvalue weighted by Gasteiger charge is 2.29. The zero-order valence-electron chi connectivity index (χ0n) is 19.0. The minimum absolute atomic E-state index is 0.0412. The normalized spacial score (nSPS) is 13.7. The molecule has 4 aromatic rings. The number of nitrogens with zero attached hydrogens (tertiary/aromatic N) is 4. The minimum Gasteiger partial charge on any atom is -0.443 e. The summed E-state index contributed by atoms with van der Waals surface area (Å²) in [6.45, 7) is 5.10. The summed E-state index contributed by atoms with van der Waals surface area (Å²) in [6, 6.07) is 5.94. The van der Waals surface area contributed by atoms with E-state index in [0.29, 0.717) is 22.8 Å². The average Bonchev–Trinajstić information content (AvgIpc) is 3.53. The lowest BCUT2D eigenvalue weighted by atomic mass is 9.99. The topological polar surface area (TPSA) is 134 Å². The van der Waals surface area contributed by atoms with Crippen LogP contribution in [0.2, 0.25) is 0 Å². The van der Waals surface area contributed by atoms with E-state index in [0.717, 1.165) is 34.7 Å². The average molecular weight is 460 g/mol. The summed E-state index contributed by atoms with van der Waals surface area (Å²) in [4.78, 5) is 37.4. The van der Waals surface area contributed by atoms with E-state index in [1.54, 1.807) is 33.2 Å². The molecular formula is C24H24N6O4. The Labute approximate surface area is 195 Å². The van der Waals surface area contributed by atoms with Gasteiger partial charge >= 0.3 is 12.2 Å². The first-order valence-corrected chi connectivity index (χ1v) is 10.9. The Balaban J connectivity index is 1.60. The monoisotopic (exact) mass is 460 g/mol. The molecule has 0 aliphatic heterocycles. The standard InChI is InChI=1S/C24H24N6O4/c1-24(2,3)34-23(32)29-22(31)33-21-19-17(11-30(13-4-5-13)20(19)27-12-28-21)14-6-7-18(25)16-10-26-9-8-15(14)16/h6-13H,4-5,25H2,1-3H3,(H,29,31,32). The fraction of sp³-hybridized carbons (Fsp3) is 0.292. The van der Waals surface area contributed by atoms with E-state index in [-0.39, 0.29) is 5.88 Å². The molecule has 174 valence electrons. The number of nitrogens with two attached hydrogens (primary N) is 1. The van der Waals surface area contributed by atoms with E-state index in [4.69, 9.17) is 15.2 Å². The van der Waals surface area contributed by atoms with Crippen LogP contribution in [0.25, 0.3) is 32.9 Å². The summed E-state index contributed by atoms with van der Waals surface area (Å²) in [5.41, 5.74) is 8.34. The molecule has 0 unspecified atom stereocenters. The van der Waals surface area contributed by atoms with Crippen molar-refractivity contribution >= 4 is 39.7 Å². The zero-order valence-corrected chi connectivity index (χ0v) is 19.0. The Hall–Kier alpha value is -4.21. The number of ether oxygens (including phenoxy) is 2. The number of carbonyl (C=O) groups excluding carboxylic acids is 2. The highest BCUT2D eigenvalue weighted by Crippen LogP contribution is 2.44. The molecule has 3 aromatic heterocycles. The molecule has 1 aliphatic rings. The van der Waals surface area contributed by atoms with Crippen LogP contribution in [0.3, 0.4) is 0 Å². The predicted molar refractivity (Wildman–Crippen MR) is 126 cm³/mol. The molecule has 5 rings (SSSR count). The van der Waals surface area contributed by atoms with Gasteiger partial charge in [-0.25, -0.2) is 24.9 Å². The number of pyridine rings is 1. The Morgan fingerprint density at radius 1 is 1.09 bits per heavy atom. The lowest BCUT2D eigenvalue weighted by Gasteiger charge is -2.19. The first kappa shape index (κ1) is 21.6. The van der Waals surface area contributed by atoms with Crippen molar-refractivity contribution in [3.8, 4) is 17.0 Å². The van der Waals surface area contributed by atoms with Crippen molar-refractivity contribution in [1.82, 2.24) is 24.8 Å². The number of alkyl carbamates (subject to hydrolysis) is 1. The van der Waals surface area contributed by atoms with Crippen LogP contribution >= 0.6 is 0 Å². The van der Waals surface area contributed by atoms with Gasteiger partial charge < -0.3 is 19.8 Å². The molecule has 1 fully saturated rings. The Morgan fingerprint density at radius 3 is 2.62 bits per heavy atom. The van der Waals surface area contributed by atoms with Gasteiger partial charge in [-0.3, -0.25) is 4.98 Å². The van der Waals surface area contributed by atoms with Crippen molar-refractivity contribution in [1.29, 1.82) is 0 Å². The third-order valence-electron chi connectivity index (χ3n) is 5.45. The van der Waals surface area contributed by atoms with Gasteiger partial charge in [0.1, 0.15) is 17.6 Å². The second kappa shape index (κ2) is 7.98. The third kappa shape index (κ3) is 4.09. The summed E-state index contributed by atoms with van der Waals surface area (Å²) in [7, 11) is 0. The number of anilines is 1. The van der Waals surface area contributed by atoms with Gasteiger partial charge in [-0.2, -0.15) is 0 Å². The number of hydrogen-bond donors (Lipinski definition) is 2. The van der Waals surface area contributed by atoms with Gasteiger partial charge in [0.25, 0.3) is 0 Å². The predicted octanol–water partition coefficient (Wildman–Crippen LogP) is 4.59. The maximum absolute atomic E-state index is 12.5. The molecule has 0 saturated heterocycles. The summed E-state index contributed by atoms with van der Waals surface area (Å²) in [6.07, 6.45) is 6.93. The Bertz CT molecular complexity index is 1430. The molecule has 0 atom stereocenters. The molecule has 1 saturated carbocycles. The van der Waals surface area contributed by atoms with Gasteiger partial charge in [-0.05, 0) is 56.7 Å². The number of hydrogen-bond acceptors (Lipinski definition) is 8. The van der Waals surface area contributed by atoms with Crippen LogP contribution in [0, 0.1) is 0 Å². The second-order valence-corrected chi connectivity index (χ2v) is 9.20.